The Morgan fingerprint density at radius 1 is 1.03 bits per heavy atom. The van der Waals surface area contributed by atoms with Gasteiger partial charge in [-0.3, -0.25) is 19.5 Å². The highest BCUT2D eigenvalue weighted by molar-refractivity contribution is 7.99. The summed E-state index contributed by atoms with van der Waals surface area (Å²) in [5.41, 5.74) is 0.689. The van der Waals surface area contributed by atoms with Crippen molar-refractivity contribution in [1.82, 2.24) is 30.3 Å². The van der Waals surface area contributed by atoms with E-state index >= 15 is 0 Å². The van der Waals surface area contributed by atoms with Crippen LogP contribution in [0.4, 0.5) is 5.13 Å². The predicted octanol–water partition coefficient (Wildman–Crippen LogP) is 3.99. The number of benzene rings is 1. The van der Waals surface area contributed by atoms with Crippen molar-refractivity contribution < 1.29 is 9.59 Å². The number of aromatic nitrogens is 5. The van der Waals surface area contributed by atoms with E-state index in [1.165, 1.54) is 42.4 Å². The van der Waals surface area contributed by atoms with Gasteiger partial charge in [-0.05, 0) is 75.3 Å². The molecule has 0 aliphatic heterocycles. The Bertz CT molecular complexity index is 1240. The van der Waals surface area contributed by atoms with Crippen LogP contribution in [-0.4, -0.2) is 42.5 Å². The third-order valence-corrected chi connectivity index (χ3v) is 9.43. The van der Waals surface area contributed by atoms with Crippen molar-refractivity contribution in [2.75, 3.05) is 11.1 Å². The summed E-state index contributed by atoms with van der Waals surface area (Å²) in [6, 6.07) is 9.80. The number of nitrogens with one attached hydrogen (secondary N) is 2. The van der Waals surface area contributed by atoms with Gasteiger partial charge >= 0.3 is 0 Å². The van der Waals surface area contributed by atoms with E-state index in [9.17, 15) is 9.59 Å². The first-order valence-corrected chi connectivity index (χ1v) is 14.3. The molecule has 3 aromatic rings. The lowest BCUT2D eigenvalue weighted by Gasteiger charge is -2.55. The molecule has 0 spiro atoms. The van der Waals surface area contributed by atoms with Gasteiger partial charge in [0, 0.05) is 11.1 Å². The average Bonchev–Trinajstić information content (AvgIpc) is 3.46. The number of carbonyl (C=O) groups excluding carboxylic acids is 2. The second-order valence-corrected chi connectivity index (χ2v) is 12.5. The van der Waals surface area contributed by atoms with E-state index in [1.807, 2.05) is 41.8 Å². The van der Waals surface area contributed by atoms with Gasteiger partial charge < -0.3 is 5.32 Å². The van der Waals surface area contributed by atoms with Gasteiger partial charge in [-0.1, -0.05) is 41.3 Å². The van der Waals surface area contributed by atoms with Crippen LogP contribution in [0.1, 0.15) is 49.4 Å². The summed E-state index contributed by atoms with van der Waals surface area (Å²) in [4.78, 5) is 25.9. The van der Waals surface area contributed by atoms with E-state index in [2.05, 4.69) is 31.0 Å². The van der Waals surface area contributed by atoms with Crippen LogP contribution >= 0.6 is 23.1 Å². The van der Waals surface area contributed by atoms with Crippen molar-refractivity contribution in [1.29, 1.82) is 0 Å². The van der Waals surface area contributed by atoms with Crippen LogP contribution in [0, 0.1) is 30.1 Å². The molecule has 4 saturated carbocycles. The first-order valence-electron chi connectivity index (χ1n) is 12.5. The van der Waals surface area contributed by atoms with Crippen LogP contribution in [0.5, 0.6) is 0 Å². The van der Waals surface area contributed by atoms with Gasteiger partial charge in [0.25, 0.3) is 0 Å². The third kappa shape index (κ3) is 4.66. The van der Waals surface area contributed by atoms with E-state index in [0.717, 1.165) is 30.0 Å². The molecule has 2 aromatic heterocycles. The number of hydrogen-bond donors (Lipinski definition) is 2. The van der Waals surface area contributed by atoms with Gasteiger partial charge in [-0.25, -0.2) is 0 Å². The number of thioether (sulfide) groups is 1. The number of amides is 2. The zero-order valence-corrected chi connectivity index (χ0v) is 21.8. The number of aryl methyl sites for hydroxylation is 1. The Labute approximate surface area is 217 Å². The Kier molecular flexibility index (Phi) is 6.28. The van der Waals surface area contributed by atoms with E-state index < -0.39 is 0 Å². The average molecular weight is 524 g/mol. The molecular weight excluding hydrogens is 494 g/mol. The molecule has 4 aliphatic carbocycles. The highest BCUT2D eigenvalue weighted by Gasteiger charge is 2.54. The quantitative estimate of drug-likeness (QED) is 0.429. The predicted molar refractivity (Wildman–Crippen MR) is 138 cm³/mol. The number of anilines is 1. The summed E-state index contributed by atoms with van der Waals surface area (Å²) in [6.07, 6.45) is 7.01. The van der Waals surface area contributed by atoms with Crippen LogP contribution in [-0.2, 0) is 16.1 Å². The number of hydrogen-bond acceptors (Lipinski definition) is 8. The zero-order chi connectivity index (χ0) is 24.7. The van der Waals surface area contributed by atoms with E-state index in [-0.39, 0.29) is 23.0 Å². The summed E-state index contributed by atoms with van der Waals surface area (Å²) >= 11 is 2.63. The molecule has 4 aliphatic rings. The van der Waals surface area contributed by atoms with Crippen LogP contribution in [0.2, 0.25) is 0 Å². The molecule has 0 radical (unpaired) electrons. The highest BCUT2D eigenvalue weighted by Crippen LogP contribution is 2.60. The molecule has 2 N–H and O–H groups in total. The van der Waals surface area contributed by atoms with Gasteiger partial charge in [0.2, 0.25) is 16.9 Å². The molecule has 0 atom stereocenters. The van der Waals surface area contributed by atoms with Gasteiger partial charge in [-0.15, -0.1) is 20.4 Å². The summed E-state index contributed by atoms with van der Waals surface area (Å²) in [5.74, 6) is 2.94. The van der Waals surface area contributed by atoms with E-state index in [1.54, 1.807) is 0 Å². The fraction of sp³-hybridized carbons (Fsp3) is 0.520. The first kappa shape index (κ1) is 23.6. The highest BCUT2D eigenvalue weighted by atomic mass is 32.2. The number of para-hydroxylation sites is 1. The molecule has 0 saturated heterocycles. The third-order valence-electron chi connectivity index (χ3n) is 7.75. The van der Waals surface area contributed by atoms with Crippen molar-refractivity contribution in [3.63, 3.8) is 0 Å². The molecule has 188 valence electrons. The number of nitrogens with zero attached hydrogens (tertiary/aromatic N) is 5. The van der Waals surface area contributed by atoms with Crippen molar-refractivity contribution in [2.45, 2.75) is 57.1 Å². The summed E-state index contributed by atoms with van der Waals surface area (Å²) in [7, 11) is 0. The molecule has 0 unspecified atom stereocenters. The number of carbonyl (C=O) groups is 2. The minimum absolute atomic E-state index is 0.156. The maximum absolute atomic E-state index is 13.5. The van der Waals surface area contributed by atoms with Gasteiger partial charge in [0.1, 0.15) is 5.01 Å². The lowest BCUT2D eigenvalue weighted by Crippen LogP contribution is -2.53. The van der Waals surface area contributed by atoms with Crippen LogP contribution < -0.4 is 10.6 Å². The molecule has 4 bridgehead atoms. The molecule has 11 heteroatoms. The maximum Gasteiger partial charge on any atom is 0.236 e. The molecule has 2 amide bonds. The van der Waals surface area contributed by atoms with Gasteiger partial charge in [-0.2, -0.15) is 0 Å². The van der Waals surface area contributed by atoms with Crippen molar-refractivity contribution in [3.05, 3.63) is 41.2 Å². The molecule has 36 heavy (non-hydrogen) atoms. The SMILES string of the molecule is Cc1nnc(NC(=O)CSc2nnc(CNC(=O)C34CC5CC(CC(C5)C3)C4)n2-c2ccccc2)s1. The molecule has 1 aromatic carbocycles. The fourth-order valence-corrected chi connectivity index (χ4v) is 8.09. The monoisotopic (exact) mass is 523 g/mol. The lowest BCUT2D eigenvalue weighted by atomic mass is 9.49. The molecule has 9 nitrogen and oxygen atoms in total. The Morgan fingerprint density at radius 2 is 1.72 bits per heavy atom. The standard InChI is InChI=1S/C25H29N7O2S2/c1-15-28-30-23(36-15)27-21(33)14-35-24-31-29-20(32(24)19-5-3-2-4-6-19)13-26-22(34)25-10-16-7-17(11-25)9-18(8-16)12-25/h2-6,16-18H,7-14H2,1H3,(H,26,34)(H,27,30,33). The minimum atomic E-state index is -0.203. The van der Waals surface area contributed by atoms with Crippen molar-refractivity contribution in [3.8, 4) is 5.69 Å². The summed E-state index contributed by atoms with van der Waals surface area (Å²) in [6.45, 7) is 2.15. The second-order valence-electron chi connectivity index (χ2n) is 10.4. The maximum atomic E-state index is 13.5. The Morgan fingerprint density at radius 3 is 2.36 bits per heavy atom. The van der Waals surface area contributed by atoms with E-state index in [4.69, 9.17) is 0 Å². The summed E-state index contributed by atoms with van der Waals surface area (Å²) < 4.78 is 1.92. The van der Waals surface area contributed by atoms with Crippen molar-refractivity contribution >= 4 is 40.0 Å². The van der Waals surface area contributed by atoms with Gasteiger partial charge in [0.15, 0.2) is 11.0 Å². The normalized spacial score (nSPS) is 26.2. The lowest BCUT2D eigenvalue weighted by molar-refractivity contribution is -0.146. The largest absolute Gasteiger partial charge is 0.348 e. The summed E-state index contributed by atoms with van der Waals surface area (Å²) in [5, 5.41) is 24.5. The minimum Gasteiger partial charge on any atom is -0.348 e. The first-order chi connectivity index (χ1) is 17.5. The molecule has 4 fully saturated rings. The molecule has 2 heterocycles. The van der Waals surface area contributed by atoms with Crippen LogP contribution in [0.3, 0.4) is 0 Å². The fourth-order valence-electron chi connectivity index (χ4n) is 6.71. The zero-order valence-electron chi connectivity index (χ0n) is 20.1. The molecule has 7 rings (SSSR count). The van der Waals surface area contributed by atoms with E-state index in [0.29, 0.717) is 40.4 Å². The van der Waals surface area contributed by atoms with Gasteiger partial charge in [0.05, 0.1) is 12.3 Å². The Hall–Kier alpha value is -2.79. The smallest absolute Gasteiger partial charge is 0.236 e. The Balaban J connectivity index is 1.16. The van der Waals surface area contributed by atoms with Crippen LogP contribution in [0.15, 0.2) is 35.5 Å². The number of rotatable bonds is 8. The topological polar surface area (TPSA) is 115 Å². The second kappa shape index (κ2) is 9.59. The van der Waals surface area contributed by atoms with Crippen LogP contribution in [0.25, 0.3) is 5.69 Å². The van der Waals surface area contributed by atoms with Crippen molar-refractivity contribution in [2.24, 2.45) is 23.2 Å². The molecular formula is C25H29N7O2S2.